The number of hydrogen-bond donors (Lipinski definition) is 1. The number of nitrogens with zero attached hydrogens (tertiary/aromatic N) is 2. The van der Waals surface area contributed by atoms with Crippen molar-refractivity contribution in [3.63, 3.8) is 0 Å². The average molecular weight is 269 g/mol. The Morgan fingerprint density at radius 1 is 1.10 bits per heavy atom. The molecule has 1 heterocycles. The lowest BCUT2D eigenvalue weighted by molar-refractivity contribution is 0.894. The van der Waals surface area contributed by atoms with E-state index < -0.39 is 0 Å². The Morgan fingerprint density at radius 2 is 1.85 bits per heavy atom. The van der Waals surface area contributed by atoms with Crippen LogP contribution in [0, 0.1) is 6.92 Å². The van der Waals surface area contributed by atoms with E-state index in [9.17, 15) is 0 Å². The van der Waals surface area contributed by atoms with Crippen molar-refractivity contribution in [2.45, 2.75) is 26.8 Å². The van der Waals surface area contributed by atoms with Crippen LogP contribution in [0.15, 0.2) is 42.5 Å². The summed E-state index contributed by atoms with van der Waals surface area (Å²) in [5.74, 6) is 1.94. The van der Waals surface area contributed by atoms with Gasteiger partial charge >= 0.3 is 0 Å². The van der Waals surface area contributed by atoms with Crippen LogP contribution in [0.3, 0.4) is 0 Å². The van der Waals surface area contributed by atoms with Gasteiger partial charge in [0.05, 0.1) is 0 Å². The fourth-order valence-electron chi connectivity index (χ4n) is 2.04. The van der Waals surface area contributed by atoms with Crippen molar-refractivity contribution in [2.75, 3.05) is 23.8 Å². The Morgan fingerprint density at radius 3 is 2.55 bits per heavy atom. The summed E-state index contributed by atoms with van der Waals surface area (Å²) >= 11 is 0. The van der Waals surface area contributed by atoms with E-state index in [-0.39, 0.29) is 0 Å². The van der Waals surface area contributed by atoms with Crippen molar-refractivity contribution in [1.82, 2.24) is 4.98 Å². The summed E-state index contributed by atoms with van der Waals surface area (Å²) in [4.78, 5) is 6.81. The zero-order valence-electron chi connectivity index (χ0n) is 12.6. The molecule has 0 amide bonds. The van der Waals surface area contributed by atoms with Crippen molar-refractivity contribution in [3.05, 3.63) is 53.6 Å². The van der Waals surface area contributed by atoms with Crippen molar-refractivity contribution in [1.29, 1.82) is 0 Å². The molecule has 0 radical (unpaired) electrons. The Balaban J connectivity index is 2.04. The Bertz CT molecular complexity index is 534. The summed E-state index contributed by atoms with van der Waals surface area (Å²) in [5.41, 5.74) is 2.59. The molecule has 0 bridgehead atoms. The van der Waals surface area contributed by atoms with Crippen LogP contribution >= 0.6 is 0 Å². The first-order valence-corrected chi connectivity index (χ1v) is 7.16. The van der Waals surface area contributed by atoms with Crippen LogP contribution < -0.4 is 10.2 Å². The van der Waals surface area contributed by atoms with Gasteiger partial charge in [-0.05, 0) is 31.0 Å². The van der Waals surface area contributed by atoms with Crippen LogP contribution in [0.25, 0.3) is 0 Å². The van der Waals surface area contributed by atoms with Gasteiger partial charge in [0.15, 0.2) is 0 Å². The fourth-order valence-corrected chi connectivity index (χ4v) is 2.04. The molecule has 2 aromatic rings. The summed E-state index contributed by atoms with van der Waals surface area (Å²) in [5, 5.41) is 3.32. The summed E-state index contributed by atoms with van der Waals surface area (Å²) < 4.78 is 0. The second kappa shape index (κ2) is 6.94. The Kier molecular flexibility index (Phi) is 4.99. The Labute approximate surface area is 121 Å². The zero-order chi connectivity index (χ0) is 14.4. The third-order valence-corrected chi connectivity index (χ3v) is 3.22. The van der Waals surface area contributed by atoms with Crippen LogP contribution in [0.5, 0.6) is 0 Å². The van der Waals surface area contributed by atoms with Crippen molar-refractivity contribution >= 4 is 11.6 Å². The topological polar surface area (TPSA) is 28.2 Å². The summed E-state index contributed by atoms with van der Waals surface area (Å²) in [7, 11) is 2.08. The molecule has 1 N–H and O–H groups in total. The molecule has 0 aliphatic heterocycles. The normalized spacial score (nSPS) is 10.3. The molecule has 0 fully saturated rings. The van der Waals surface area contributed by atoms with Crippen LogP contribution in [-0.2, 0) is 6.54 Å². The molecular formula is C17H23N3. The number of pyridine rings is 1. The van der Waals surface area contributed by atoms with E-state index in [1.54, 1.807) is 0 Å². The maximum absolute atomic E-state index is 4.64. The number of benzene rings is 1. The highest BCUT2D eigenvalue weighted by Gasteiger charge is 2.04. The zero-order valence-corrected chi connectivity index (χ0v) is 12.6. The third-order valence-electron chi connectivity index (χ3n) is 3.22. The number of nitrogens with one attached hydrogen (secondary N) is 1. The smallest absolute Gasteiger partial charge is 0.130 e. The Hall–Kier alpha value is -2.03. The second-order valence-electron chi connectivity index (χ2n) is 5.15. The van der Waals surface area contributed by atoms with Crippen LogP contribution in [0.1, 0.15) is 24.5 Å². The number of rotatable bonds is 6. The SMILES string of the molecule is CCCNc1cccc(N(C)Cc2ccc(C)cc2)n1. The molecule has 20 heavy (non-hydrogen) atoms. The number of aromatic nitrogens is 1. The van der Waals surface area contributed by atoms with Crippen molar-refractivity contribution in [2.24, 2.45) is 0 Å². The highest BCUT2D eigenvalue weighted by atomic mass is 15.2. The number of aryl methyl sites for hydroxylation is 1. The molecule has 2 rings (SSSR count). The second-order valence-corrected chi connectivity index (χ2v) is 5.15. The first-order chi connectivity index (χ1) is 9.69. The lowest BCUT2D eigenvalue weighted by Gasteiger charge is -2.19. The molecule has 0 saturated carbocycles. The van der Waals surface area contributed by atoms with Crippen LogP contribution in [0.4, 0.5) is 11.6 Å². The van der Waals surface area contributed by atoms with E-state index >= 15 is 0 Å². The molecule has 0 aliphatic rings. The van der Waals surface area contributed by atoms with Gasteiger partial charge in [-0.15, -0.1) is 0 Å². The predicted octanol–water partition coefficient (Wildman–Crippen LogP) is 3.85. The monoisotopic (exact) mass is 269 g/mol. The van der Waals surface area contributed by atoms with E-state index in [1.807, 2.05) is 18.2 Å². The van der Waals surface area contributed by atoms with Crippen LogP contribution in [0.2, 0.25) is 0 Å². The average Bonchev–Trinajstić information content (AvgIpc) is 2.48. The molecule has 0 atom stereocenters. The molecule has 0 unspecified atom stereocenters. The molecule has 1 aromatic heterocycles. The minimum Gasteiger partial charge on any atom is -0.370 e. The minimum absolute atomic E-state index is 0.866. The van der Waals surface area contributed by atoms with E-state index in [4.69, 9.17) is 0 Å². The predicted molar refractivity (Wildman–Crippen MR) is 86.3 cm³/mol. The van der Waals surface area contributed by atoms with Gasteiger partial charge in [0.1, 0.15) is 11.6 Å². The highest BCUT2D eigenvalue weighted by Crippen LogP contribution is 2.16. The summed E-state index contributed by atoms with van der Waals surface area (Å²) in [6.07, 6.45) is 1.10. The molecule has 1 aromatic carbocycles. The van der Waals surface area contributed by atoms with Gasteiger partial charge in [0.25, 0.3) is 0 Å². The molecule has 0 spiro atoms. The lowest BCUT2D eigenvalue weighted by atomic mass is 10.1. The van der Waals surface area contributed by atoms with Gasteiger partial charge in [0, 0.05) is 20.1 Å². The van der Waals surface area contributed by atoms with Gasteiger partial charge in [-0.3, -0.25) is 0 Å². The van der Waals surface area contributed by atoms with Gasteiger partial charge < -0.3 is 10.2 Å². The molecular weight excluding hydrogens is 246 g/mol. The van der Waals surface area contributed by atoms with E-state index in [0.717, 1.165) is 31.1 Å². The van der Waals surface area contributed by atoms with Crippen molar-refractivity contribution in [3.8, 4) is 0 Å². The van der Waals surface area contributed by atoms with Crippen LogP contribution in [-0.4, -0.2) is 18.6 Å². The summed E-state index contributed by atoms with van der Waals surface area (Å²) in [6.45, 7) is 6.08. The fraction of sp³-hybridized carbons (Fsp3) is 0.353. The number of anilines is 2. The van der Waals surface area contributed by atoms with Crippen molar-refractivity contribution < 1.29 is 0 Å². The first kappa shape index (κ1) is 14.4. The molecule has 106 valence electrons. The number of hydrogen-bond acceptors (Lipinski definition) is 3. The van der Waals surface area contributed by atoms with E-state index in [2.05, 4.69) is 60.4 Å². The molecule has 3 heteroatoms. The quantitative estimate of drug-likeness (QED) is 0.863. The van der Waals surface area contributed by atoms with Gasteiger partial charge in [0.2, 0.25) is 0 Å². The van der Waals surface area contributed by atoms with Gasteiger partial charge in [-0.1, -0.05) is 42.8 Å². The minimum atomic E-state index is 0.866. The molecule has 0 aliphatic carbocycles. The third kappa shape index (κ3) is 3.98. The summed E-state index contributed by atoms with van der Waals surface area (Å²) in [6, 6.07) is 14.7. The maximum Gasteiger partial charge on any atom is 0.130 e. The van der Waals surface area contributed by atoms with Gasteiger partial charge in [-0.2, -0.15) is 0 Å². The van der Waals surface area contributed by atoms with E-state index in [0.29, 0.717) is 0 Å². The maximum atomic E-state index is 4.64. The van der Waals surface area contributed by atoms with Gasteiger partial charge in [-0.25, -0.2) is 4.98 Å². The molecule has 0 saturated heterocycles. The molecule has 3 nitrogen and oxygen atoms in total. The first-order valence-electron chi connectivity index (χ1n) is 7.16. The van der Waals surface area contributed by atoms with E-state index in [1.165, 1.54) is 11.1 Å². The standard InChI is InChI=1S/C17H23N3/c1-4-12-18-16-6-5-7-17(19-16)20(3)13-15-10-8-14(2)9-11-15/h5-11H,4,12-13H2,1-3H3,(H,18,19). The largest absolute Gasteiger partial charge is 0.370 e. The lowest BCUT2D eigenvalue weighted by Crippen LogP contribution is -2.18. The highest BCUT2D eigenvalue weighted by molar-refractivity contribution is 5.47.